The summed E-state index contributed by atoms with van der Waals surface area (Å²) in [6, 6.07) is 10.9. The number of aliphatic hydroxyl groups excluding tert-OH is 1. The van der Waals surface area contributed by atoms with Gasteiger partial charge in [0.2, 0.25) is 23.6 Å². The molecule has 55 heavy (non-hydrogen) atoms. The summed E-state index contributed by atoms with van der Waals surface area (Å²) >= 11 is 7.86. The molecule has 12 nitrogen and oxygen atoms in total. The van der Waals surface area contributed by atoms with Crippen LogP contribution in [0, 0.1) is 18.3 Å². The van der Waals surface area contributed by atoms with E-state index in [4.69, 9.17) is 22.1 Å². The number of nitrogens with zero attached hydrogens (tertiary/aromatic N) is 2. The van der Waals surface area contributed by atoms with Gasteiger partial charge in [-0.15, -0.1) is 11.3 Å². The number of carbonyl (C=O) groups excluding carboxylic acids is 5. The van der Waals surface area contributed by atoms with E-state index < -0.39 is 47.3 Å². The van der Waals surface area contributed by atoms with Crippen LogP contribution in [-0.4, -0.2) is 69.3 Å². The Bertz CT molecular complexity index is 1830. The highest BCUT2D eigenvalue weighted by Gasteiger charge is 2.44. The number of hydrogen-bond acceptors (Lipinski definition) is 9. The SMILES string of the molecule is Cc1ncsc1-c1ccc([C@H](C)NC(=O)[C@@H]2C[C@@H](O)CN2C(=O)[C@@H](NC(=O)CCCCCc2cc(Cl)cc(OC(=O)[C@@H](C)CCC(N)=O)c2)C(C)(C)C)cc1. The molecule has 5 atom stereocenters. The van der Waals surface area contributed by atoms with Gasteiger partial charge >= 0.3 is 5.97 Å². The van der Waals surface area contributed by atoms with E-state index in [2.05, 4.69) is 15.6 Å². The minimum atomic E-state index is -0.910. The van der Waals surface area contributed by atoms with Gasteiger partial charge in [0.1, 0.15) is 17.8 Å². The van der Waals surface area contributed by atoms with Crippen LogP contribution in [0.25, 0.3) is 10.4 Å². The van der Waals surface area contributed by atoms with E-state index >= 15 is 0 Å². The van der Waals surface area contributed by atoms with Crippen molar-refractivity contribution in [3.05, 3.63) is 69.8 Å². The topological polar surface area (TPSA) is 181 Å². The summed E-state index contributed by atoms with van der Waals surface area (Å²) in [6.45, 7) is 11.1. The number of nitrogens with two attached hydrogens (primary N) is 1. The third kappa shape index (κ3) is 12.6. The number of aliphatic hydroxyl groups is 1. The molecule has 2 aromatic carbocycles. The summed E-state index contributed by atoms with van der Waals surface area (Å²) in [5.41, 5.74) is 10.1. The van der Waals surface area contributed by atoms with Gasteiger partial charge < -0.3 is 31.1 Å². The van der Waals surface area contributed by atoms with E-state index in [-0.39, 0.29) is 43.7 Å². The van der Waals surface area contributed by atoms with E-state index in [1.165, 1.54) is 4.90 Å². The van der Waals surface area contributed by atoms with Crippen molar-refractivity contribution in [2.24, 2.45) is 17.1 Å². The average molecular weight is 796 g/mol. The number of nitrogens with one attached hydrogen (secondary N) is 2. The Kier molecular flexibility index (Phi) is 15.4. The Morgan fingerprint density at radius 1 is 1.04 bits per heavy atom. The van der Waals surface area contributed by atoms with Crippen LogP contribution in [0.5, 0.6) is 5.75 Å². The summed E-state index contributed by atoms with van der Waals surface area (Å²) in [7, 11) is 0. The van der Waals surface area contributed by atoms with Gasteiger partial charge in [-0.25, -0.2) is 4.98 Å². The molecule has 0 aliphatic carbocycles. The van der Waals surface area contributed by atoms with Crippen LogP contribution in [0.3, 0.4) is 0 Å². The van der Waals surface area contributed by atoms with Crippen LogP contribution in [-0.2, 0) is 30.4 Å². The number of aromatic nitrogens is 1. The first-order chi connectivity index (χ1) is 25.9. The molecule has 5 N–H and O–H groups in total. The normalized spacial score (nSPS) is 17.3. The summed E-state index contributed by atoms with van der Waals surface area (Å²) in [5.74, 6) is -2.17. The molecule has 298 valence electrons. The summed E-state index contributed by atoms with van der Waals surface area (Å²) in [4.78, 5) is 71.1. The molecular formula is C41H54ClN5O7S. The van der Waals surface area contributed by atoms with Crippen LogP contribution in [0.4, 0.5) is 0 Å². The van der Waals surface area contributed by atoms with Gasteiger partial charge in [-0.3, -0.25) is 24.0 Å². The lowest BCUT2D eigenvalue weighted by Gasteiger charge is -2.35. The first kappa shape index (κ1) is 43.4. The number of carbonyl (C=O) groups is 5. The predicted molar refractivity (Wildman–Crippen MR) is 213 cm³/mol. The zero-order valence-electron chi connectivity index (χ0n) is 32.5. The molecule has 1 fully saturated rings. The van der Waals surface area contributed by atoms with Crippen molar-refractivity contribution in [2.75, 3.05) is 6.54 Å². The third-order valence-electron chi connectivity index (χ3n) is 9.81. The number of rotatable bonds is 17. The van der Waals surface area contributed by atoms with Crippen LogP contribution in [0.1, 0.15) is 102 Å². The quantitative estimate of drug-likeness (QED) is 0.0724. The highest BCUT2D eigenvalue weighted by molar-refractivity contribution is 7.13. The Morgan fingerprint density at radius 2 is 1.75 bits per heavy atom. The number of primary amides is 1. The third-order valence-corrected chi connectivity index (χ3v) is 11.0. The molecule has 1 saturated heterocycles. The van der Waals surface area contributed by atoms with E-state index in [0.717, 1.165) is 40.1 Å². The van der Waals surface area contributed by atoms with E-state index in [9.17, 15) is 29.1 Å². The van der Waals surface area contributed by atoms with Gasteiger partial charge in [-0.2, -0.15) is 0 Å². The van der Waals surface area contributed by atoms with E-state index in [0.29, 0.717) is 30.0 Å². The summed E-state index contributed by atoms with van der Waals surface area (Å²) < 4.78 is 5.49. The largest absolute Gasteiger partial charge is 0.426 e. The number of esters is 1. The zero-order chi connectivity index (χ0) is 40.4. The van der Waals surface area contributed by atoms with Gasteiger partial charge in [-0.1, -0.05) is 70.0 Å². The molecule has 14 heteroatoms. The van der Waals surface area contributed by atoms with E-state index in [1.807, 2.05) is 64.4 Å². The van der Waals surface area contributed by atoms with Crippen LogP contribution in [0.15, 0.2) is 48.0 Å². The maximum absolute atomic E-state index is 14.0. The Hall–Kier alpha value is -4.33. The second kappa shape index (κ2) is 19.5. The molecule has 1 aliphatic rings. The van der Waals surface area contributed by atoms with Gasteiger partial charge in [0.15, 0.2) is 0 Å². The molecule has 0 unspecified atom stereocenters. The fourth-order valence-electron chi connectivity index (χ4n) is 6.56. The molecule has 1 aliphatic heterocycles. The first-order valence-electron chi connectivity index (χ1n) is 18.8. The lowest BCUT2D eigenvalue weighted by Crippen LogP contribution is -2.57. The molecule has 0 spiro atoms. The van der Waals surface area contributed by atoms with Crippen LogP contribution < -0.4 is 21.1 Å². The molecular weight excluding hydrogens is 742 g/mol. The van der Waals surface area contributed by atoms with Crippen molar-refractivity contribution in [3.63, 3.8) is 0 Å². The number of amides is 4. The second-order valence-electron chi connectivity index (χ2n) is 15.6. The Labute approximate surface area is 332 Å². The first-order valence-corrected chi connectivity index (χ1v) is 20.1. The smallest absolute Gasteiger partial charge is 0.314 e. The number of ether oxygens (including phenoxy) is 1. The number of β-amino-alcohol motifs (C(OH)–C–C–N with tert-alkyl or cyclic N) is 1. The van der Waals surface area contributed by atoms with Crippen molar-refractivity contribution in [3.8, 4) is 16.2 Å². The van der Waals surface area contributed by atoms with E-state index in [1.54, 1.807) is 36.5 Å². The fraction of sp³-hybridized carbons (Fsp3) is 0.512. The predicted octanol–water partition coefficient (Wildman–Crippen LogP) is 6.05. The number of benzene rings is 2. The minimum Gasteiger partial charge on any atom is -0.426 e. The second-order valence-corrected chi connectivity index (χ2v) is 16.9. The Morgan fingerprint density at radius 3 is 2.38 bits per heavy atom. The zero-order valence-corrected chi connectivity index (χ0v) is 34.1. The molecule has 1 aromatic heterocycles. The monoisotopic (exact) mass is 795 g/mol. The molecule has 0 bridgehead atoms. The number of unbranched alkanes of at least 4 members (excludes halogenated alkanes) is 2. The van der Waals surface area contributed by atoms with Crippen LogP contribution >= 0.6 is 22.9 Å². The summed E-state index contributed by atoms with van der Waals surface area (Å²) in [5, 5.41) is 17.0. The number of thiazole rings is 1. The van der Waals surface area contributed by atoms with Gasteiger partial charge in [0.05, 0.1) is 34.1 Å². The molecule has 0 saturated carbocycles. The number of hydrogen-bond donors (Lipinski definition) is 4. The standard InChI is InChI=1S/C41H54ClN5O7S/c1-24(12-17-34(43)49)40(53)54-32-19-27(18-30(42)20-32)10-8-7-9-11-35(50)46-37(41(4,5)6)39(52)47-22-31(48)21-33(47)38(51)45-25(2)28-13-15-29(16-14-28)36-26(3)44-23-55-36/h13-16,18-20,23-25,31,33,37,48H,7-12,17,21-22H2,1-6H3,(H2,43,49)(H,45,51)(H,46,50)/t24-,25-,31+,33-,37+/m0/s1. The van der Waals surface area contributed by atoms with Crippen molar-refractivity contribution in [1.29, 1.82) is 0 Å². The van der Waals surface area contributed by atoms with Crippen molar-refractivity contribution >= 4 is 52.5 Å². The molecule has 0 radical (unpaired) electrons. The van der Waals surface area contributed by atoms with Crippen molar-refractivity contribution in [1.82, 2.24) is 20.5 Å². The number of aryl methyl sites for hydroxylation is 2. The molecule has 3 aromatic rings. The lowest BCUT2D eigenvalue weighted by molar-refractivity contribution is -0.144. The van der Waals surface area contributed by atoms with Crippen LogP contribution in [0.2, 0.25) is 5.02 Å². The highest BCUT2D eigenvalue weighted by Crippen LogP contribution is 2.30. The Balaban J connectivity index is 1.28. The van der Waals surface area contributed by atoms with Gasteiger partial charge in [-0.05, 0) is 79.8 Å². The lowest BCUT2D eigenvalue weighted by atomic mass is 9.85. The minimum absolute atomic E-state index is 0.00458. The fourth-order valence-corrected chi connectivity index (χ4v) is 7.62. The molecule has 4 amide bonds. The number of likely N-dealkylation sites (tertiary alicyclic amines) is 1. The van der Waals surface area contributed by atoms with Crippen molar-refractivity contribution < 1.29 is 33.8 Å². The summed E-state index contributed by atoms with van der Waals surface area (Å²) in [6.07, 6.45) is 2.51. The van der Waals surface area contributed by atoms with Gasteiger partial charge in [0, 0.05) is 30.8 Å². The van der Waals surface area contributed by atoms with Gasteiger partial charge in [0.25, 0.3) is 0 Å². The molecule has 2 heterocycles. The highest BCUT2D eigenvalue weighted by atomic mass is 35.5. The number of halogens is 1. The maximum atomic E-state index is 14.0. The molecule has 4 rings (SSSR count). The maximum Gasteiger partial charge on any atom is 0.314 e. The van der Waals surface area contributed by atoms with Crippen molar-refractivity contribution in [2.45, 2.75) is 117 Å². The average Bonchev–Trinajstić information content (AvgIpc) is 3.73.